The SMILES string of the molecule is CCC(CC)(CN)C(=O)NC(C)c1ccc2ccccc2c1.Cl. The Morgan fingerprint density at radius 1 is 1.13 bits per heavy atom. The zero-order valence-corrected chi connectivity index (χ0v) is 15.0. The highest BCUT2D eigenvalue weighted by atomic mass is 35.5. The van der Waals surface area contributed by atoms with Gasteiger partial charge < -0.3 is 11.1 Å². The van der Waals surface area contributed by atoms with E-state index in [1.54, 1.807) is 0 Å². The maximum Gasteiger partial charge on any atom is 0.227 e. The second kappa shape index (κ2) is 8.32. The molecule has 23 heavy (non-hydrogen) atoms. The Hall–Kier alpha value is -1.58. The minimum absolute atomic E-state index is 0. The molecule has 3 N–H and O–H groups in total. The largest absolute Gasteiger partial charge is 0.349 e. The maximum absolute atomic E-state index is 12.6. The normalized spacial score (nSPS) is 12.5. The Morgan fingerprint density at radius 2 is 1.74 bits per heavy atom. The Labute approximate surface area is 145 Å². The lowest BCUT2D eigenvalue weighted by Crippen LogP contribution is -2.46. The summed E-state index contributed by atoms with van der Waals surface area (Å²) in [5.74, 6) is 0.0562. The van der Waals surface area contributed by atoms with E-state index in [0.717, 1.165) is 18.4 Å². The number of amides is 1. The van der Waals surface area contributed by atoms with Gasteiger partial charge in [-0.2, -0.15) is 0 Å². The molecule has 0 aliphatic heterocycles. The van der Waals surface area contributed by atoms with Crippen LogP contribution in [0.4, 0.5) is 0 Å². The third kappa shape index (κ3) is 4.04. The van der Waals surface area contributed by atoms with Crippen molar-refractivity contribution in [2.45, 2.75) is 39.7 Å². The van der Waals surface area contributed by atoms with Crippen LogP contribution in [0.1, 0.15) is 45.2 Å². The van der Waals surface area contributed by atoms with Crippen LogP contribution in [0.2, 0.25) is 0 Å². The van der Waals surface area contributed by atoms with E-state index >= 15 is 0 Å². The van der Waals surface area contributed by atoms with Crippen LogP contribution in [0.25, 0.3) is 10.8 Å². The lowest BCUT2D eigenvalue weighted by atomic mass is 9.81. The van der Waals surface area contributed by atoms with Gasteiger partial charge in [-0.25, -0.2) is 0 Å². The first-order valence-corrected chi connectivity index (χ1v) is 8.06. The van der Waals surface area contributed by atoms with E-state index < -0.39 is 5.41 Å². The quantitative estimate of drug-likeness (QED) is 0.831. The van der Waals surface area contributed by atoms with Crippen LogP contribution in [-0.2, 0) is 4.79 Å². The molecule has 2 aromatic rings. The van der Waals surface area contributed by atoms with E-state index in [4.69, 9.17) is 5.73 Å². The second-order valence-corrected chi connectivity index (χ2v) is 5.99. The smallest absolute Gasteiger partial charge is 0.227 e. The molecule has 2 aromatic carbocycles. The van der Waals surface area contributed by atoms with Gasteiger partial charge in [-0.05, 0) is 42.2 Å². The first-order chi connectivity index (χ1) is 10.6. The molecule has 0 radical (unpaired) electrons. The van der Waals surface area contributed by atoms with Gasteiger partial charge in [0, 0.05) is 6.54 Å². The molecule has 126 valence electrons. The van der Waals surface area contributed by atoms with Gasteiger partial charge in [-0.1, -0.05) is 50.2 Å². The lowest BCUT2D eigenvalue weighted by Gasteiger charge is -2.30. The molecule has 3 nitrogen and oxygen atoms in total. The number of carbonyl (C=O) groups is 1. The number of nitrogens with two attached hydrogens (primary N) is 1. The van der Waals surface area contributed by atoms with Crippen LogP contribution in [-0.4, -0.2) is 12.5 Å². The molecule has 2 rings (SSSR count). The third-order valence-electron chi connectivity index (χ3n) is 4.85. The molecular formula is C19H27ClN2O. The summed E-state index contributed by atoms with van der Waals surface area (Å²) >= 11 is 0. The average molecular weight is 335 g/mol. The summed E-state index contributed by atoms with van der Waals surface area (Å²) in [6.45, 7) is 6.46. The molecule has 1 atom stereocenters. The standard InChI is InChI=1S/C19H26N2O.ClH/c1-4-19(5-2,13-20)18(22)21-14(3)16-11-10-15-8-6-7-9-17(15)12-16;/h6-12,14H,4-5,13,20H2,1-3H3,(H,21,22);1H. The predicted octanol–water partition coefficient (Wildman–Crippen LogP) is 4.20. The minimum Gasteiger partial charge on any atom is -0.349 e. The fraction of sp³-hybridized carbons (Fsp3) is 0.421. The van der Waals surface area contributed by atoms with E-state index in [-0.39, 0.29) is 24.4 Å². The number of benzene rings is 2. The second-order valence-electron chi connectivity index (χ2n) is 5.99. The fourth-order valence-electron chi connectivity index (χ4n) is 2.86. The van der Waals surface area contributed by atoms with Crippen LogP contribution >= 0.6 is 12.4 Å². The molecule has 0 saturated heterocycles. The van der Waals surface area contributed by atoms with Crippen molar-refractivity contribution in [1.29, 1.82) is 0 Å². The topological polar surface area (TPSA) is 55.1 Å². The lowest BCUT2D eigenvalue weighted by molar-refractivity contribution is -0.131. The van der Waals surface area contributed by atoms with Crippen molar-refractivity contribution in [2.24, 2.45) is 11.1 Å². The van der Waals surface area contributed by atoms with E-state index in [0.29, 0.717) is 6.54 Å². The van der Waals surface area contributed by atoms with E-state index in [1.165, 1.54) is 10.8 Å². The van der Waals surface area contributed by atoms with Crippen LogP contribution in [0.5, 0.6) is 0 Å². The van der Waals surface area contributed by atoms with Crippen molar-refractivity contribution in [3.8, 4) is 0 Å². The summed E-state index contributed by atoms with van der Waals surface area (Å²) in [5, 5.41) is 5.54. The predicted molar refractivity (Wildman–Crippen MR) is 99.8 cm³/mol. The Morgan fingerprint density at radius 3 is 2.30 bits per heavy atom. The van der Waals surface area contributed by atoms with E-state index in [1.807, 2.05) is 32.9 Å². The fourth-order valence-corrected chi connectivity index (χ4v) is 2.86. The number of fused-ring (bicyclic) bond motifs is 1. The van der Waals surface area contributed by atoms with E-state index in [9.17, 15) is 4.79 Å². The van der Waals surface area contributed by atoms with Gasteiger partial charge in [0.25, 0.3) is 0 Å². The summed E-state index contributed by atoms with van der Waals surface area (Å²) in [6, 6.07) is 14.5. The van der Waals surface area contributed by atoms with Crippen LogP contribution in [0.15, 0.2) is 42.5 Å². The molecule has 0 heterocycles. The van der Waals surface area contributed by atoms with Crippen molar-refractivity contribution in [3.05, 3.63) is 48.0 Å². The van der Waals surface area contributed by atoms with Crippen molar-refractivity contribution in [2.75, 3.05) is 6.54 Å². The van der Waals surface area contributed by atoms with Crippen molar-refractivity contribution in [1.82, 2.24) is 5.32 Å². The maximum atomic E-state index is 12.6. The summed E-state index contributed by atoms with van der Waals surface area (Å²) in [4.78, 5) is 12.6. The third-order valence-corrected chi connectivity index (χ3v) is 4.85. The number of nitrogens with one attached hydrogen (secondary N) is 1. The van der Waals surface area contributed by atoms with Crippen molar-refractivity contribution < 1.29 is 4.79 Å². The van der Waals surface area contributed by atoms with E-state index in [2.05, 4.69) is 35.6 Å². The number of hydrogen-bond donors (Lipinski definition) is 2. The van der Waals surface area contributed by atoms with Gasteiger partial charge in [-0.15, -0.1) is 12.4 Å². The van der Waals surface area contributed by atoms with Gasteiger partial charge >= 0.3 is 0 Å². The highest BCUT2D eigenvalue weighted by Gasteiger charge is 2.34. The molecule has 0 fully saturated rings. The number of halogens is 1. The molecule has 0 aliphatic carbocycles. The number of hydrogen-bond acceptors (Lipinski definition) is 2. The molecule has 0 spiro atoms. The van der Waals surface area contributed by atoms with Crippen LogP contribution < -0.4 is 11.1 Å². The zero-order valence-electron chi connectivity index (χ0n) is 14.1. The first-order valence-electron chi connectivity index (χ1n) is 8.06. The first kappa shape index (κ1) is 19.5. The summed E-state index contributed by atoms with van der Waals surface area (Å²) < 4.78 is 0. The molecule has 0 saturated carbocycles. The van der Waals surface area contributed by atoms with Crippen LogP contribution in [0, 0.1) is 5.41 Å². The van der Waals surface area contributed by atoms with Gasteiger partial charge in [-0.3, -0.25) is 4.79 Å². The Balaban J connectivity index is 0.00000264. The molecule has 0 aliphatic rings. The highest BCUT2D eigenvalue weighted by molar-refractivity contribution is 5.85. The average Bonchev–Trinajstić information content (AvgIpc) is 2.56. The molecule has 1 unspecified atom stereocenters. The molecular weight excluding hydrogens is 308 g/mol. The Bertz CT molecular complexity index is 644. The highest BCUT2D eigenvalue weighted by Crippen LogP contribution is 2.27. The number of rotatable bonds is 6. The van der Waals surface area contributed by atoms with Crippen LogP contribution in [0.3, 0.4) is 0 Å². The van der Waals surface area contributed by atoms with Gasteiger partial charge in [0.2, 0.25) is 5.91 Å². The van der Waals surface area contributed by atoms with Gasteiger partial charge in [0.05, 0.1) is 11.5 Å². The number of carbonyl (C=O) groups excluding carboxylic acids is 1. The molecule has 4 heteroatoms. The van der Waals surface area contributed by atoms with Gasteiger partial charge in [0.15, 0.2) is 0 Å². The minimum atomic E-state index is -0.453. The molecule has 0 aromatic heterocycles. The summed E-state index contributed by atoms with van der Waals surface area (Å²) in [7, 11) is 0. The monoisotopic (exact) mass is 334 g/mol. The van der Waals surface area contributed by atoms with Gasteiger partial charge in [0.1, 0.15) is 0 Å². The van der Waals surface area contributed by atoms with Crippen molar-refractivity contribution in [3.63, 3.8) is 0 Å². The summed E-state index contributed by atoms with van der Waals surface area (Å²) in [5.41, 5.74) is 6.52. The summed E-state index contributed by atoms with van der Waals surface area (Å²) in [6.07, 6.45) is 1.52. The molecule has 1 amide bonds. The molecule has 0 bridgehead atoms. The zero-order chi connectivity index (χ0) is 16.2. The Kier molecular flexibility index (Phi) is 7.04. The van der Waals surface area contributed by atoms with Crippen molar-refractivity contribution >= 4 is 29.1 Å².